The molecule has 0 saturated heterocycles. The van der Waals surface area contributed by atoms with Crippen LogP contribution in [0.15, 0.2) is 34.0 Å². The molecule has 0 amide bonds. The Kier molecular flexibility index (Phi) is 4.64. The normalized spacial score (nSPS) is 10.8. The largest absolute Gasteiger partial charge is 0.331 e. The molecule has 1 heterocycles. The van der Waals surface area contributed by atoms with Gasteiger partial charge in [0, 0.05) is 17.8 Å². The number of hydrogen-bond donors (Lipinski definition) is 0. The third-order valence-corrected chi connectivity index (χ3v) is 3.98. The van der Waals surface area contributed by atoms with Crippen molar-refractivity contribution in [3.63, 3.8) is 0 Å². The summed E-state index contributed by atoms with van der Waals surface area (Å²) < 4.78 is 16.2. The fourth-order valence-electron chi connectivity index (χ4n) is 1.82. The molecule has 0 fully saturated rings. The summed E-state index contributed by atoms with van der Waals surface area (Å²) in [5.74, 6) is -0.459. The van der Waals surface area contributed by atoms with Crippen LogP contribution in [-0.4, -0.2) is 9.13 Å². The Morgan fingerprint density at radius 1 is 1.35 bits per heavy atom. The Balaban J connectivity index is 2.59. The summed E-state index contributed by atoms with van der Waals surface area (Å²) in [5, 5.41) is 0.319. The molecule has 0 aliphatic heterocycles. The molecule has 0 saturated carbocycles. The zero-order valence-corrected chi connectivity index (χ0v) is 13.5. The third-order valence-electron chi connectivity index (χ3n) is 2.87. The SMILES string of the molecule is CCn1cc(I)c(=O)n(Cc2cc(F)ccc2Cl)c1=O. The summed E-state index contributed by atoms with van der Waals surface area (Å²) >= 11 is 7.85. The molecule has 0 unspecified atom stereocenters. The Labute approximate surface area is 132 Å². The maximum Gasteiger partial charge on any atom is 0.331 e. The lowest BCUT2D eigenvalue weighted by atomic mass is 10.2. The monoisotopic (exact) mass is 408 g/mol. The lowest BCUT2D eigenvalue weighted by Crippen LogP contribution is -2.41. The van der Waals surface area contributed by atoms with Crippen molar-refractivity contribution in [2.45, 2.75) is 20.0 Å². The van der Waals surface area contributed by atoms with Crippen molar-refractivity contribution < 1.29 is 4.39 Å². The van der Waals surface area contributed by atoms with Crippen LogP contribution in [0.25, 0.3) is 0 Å². The molecule has 0 N–H and O–H groups in total. The predicted octanol–water partition coefficient (Wildman–Crippen LogP) is 2.48. The molecule has 0 aliphatic carbocycles. The van der Waals surface area contributed by atoms with Crippen molar-refractivity contribution in [3.8, 4) is 0 Å². The van der Waals surface area contributed by atoms with E-state index in [4.69, 9.17) is 11.6 Å². The highest BCUT2D eigenvalue weighted by atomic mass is 127. The Morgan fingerprint density at radius 3 is 2.70 bits per heavy atom. The van der Waals surface area contributed by atoms with E-state index < -0.39 is 17.1 Å². The Bertz CT molecular complexity index is 770. The van der Waals surface area contributed by atoms with Gasteiger partial charge in [0.2, 0.25) is 0 Å². The Hall–Kier alpha value is -1.15. The summed E-state index contributed by atoms with van der Waals surface area (Å²) in [6, 6.07) is 3.86. The van der Waals surface area contributed by atoms with Gasteiger partial charge >= 0.3 is 5.69 Å². The molecule has 20 heavy (non-hydrogen) atoms. The number of hydrogen-bond acceptors (Lipinski definition) is 2. The van der Waals surface area contributed by atoms with E-state index in [1.54, 1.807) is 0 Å². The van der Waals surface area contributed by atoms with Crippen molar-refractivity contribution in [1.29, 1.82) is 0 Å². The molecule has 0 aliphatic rings. The van der Waals surface area contributed by atoms with E-state index in [-0.39, 0.29) is 6.54 Å². The summed E-state index contributed by atoms with van der Waals surface area (Å²) in [6.07, 6.45) is 1.51. The zero-order valence-electron chi connectivity index (χ0n) is 10.6. The minimum Gasteiger partial charge on any atom is -0.300 e. The molecule has 4 nitrogen and oxygen atoms in total. The molecule has 7 heteroatoms. The van der Waals surface area contributed by atoms with E-state index in [0.29, 0.717) is 20.7 Å². The van der Waals surface area contributed by atoms with Crippen LogP contribution in [0.1, 0.15) is 12.5 Å². The van der Waals surface area contributed by atoms with Crippen LogP contribution < -0.4 is 11.2 Å². The maximum atomic E-state index is 13.2. The first-order chi connectivity index (χ1) is 9.43. The highest BCUT2D eigenvalue weighted by molar-refractivity contribution is 14.1. The van der Waals surface area contributed by atoms with Gasteiger partial charge in [0.25, 0.3) is 5.56 Å². The third kappa shape index (κ3) is 2.95. The quantitative estimate of drug-likeness (QED) is 0.733. The minimum atomic E-state index is -0.459. The van der Waals surface area contributed by atoms with Gasteiger partial charge in [-0.25, -0.2) is 9.18 Å². The minimum absolute atomic E-state index is 0.0505. The highest BCUT2D eigenvalue weighted by Gasteiger charge is 2.11. The molecule has 0 radical (unpaired) electrons. The first-order valence-electron chi connectivity index (χ1n) is 5.87. The van der Waals surface area contributed by atoms with Gasteiger partial charge in [0.05, 0.1) is 10.1 Å². The van der Waals surface area contributed by atoms with Gasteiger partial charge in [-0.1, -0.05) is 11.6 Å². The lowest BCUT2D eigenvalue weighted by Gasteiger charge is -2.10. The van der Waals surface area contributed by atoms with Gasteiger partial charge in [-0.3, -0.25) is 13.9 Å². The zero-order chi connectivity index (χ0) is 14.9. The molecule has 2 aromatic rings. The highest BCUT2D eigenvalue weighted by Crippen LogP contribution is 2.17. The van der Waals surface area contributed by atoms with E-state index in [1.165, 1.54) is 29.0 Å². The second kappa shape index (κ2) is 6.09. The second-order valence-corrected chi connectivity index (χ2v) is 5.74. The number of rotatable bonds is 3. The molecule has 2 rings (SSSR count). The average molecular weight is 409 g/mol. The molecule has 0 atom stereocenters. The van der Waals surface area contributed by atoms with Crippen LogP contribution in [0.2, 0.25) is 5.02 Å². The number of aryl methyl sites for hydroxylation is 1. The number of halogens is 3. The topological polar surface area (TPSA) is 44.0 Å². The summed E-state index contributed by atoms with van der Waals surface area (Å²) in [4.78, 5) is 24.2. The lowest BCUT2D eigenvalue weighted by molar-refractivity contribution is 0.589. The van der Waals surface area contributed by atoms with Crippen molar-refractivity contribution >= 4 is 34.2 Å². The van der Waals surface area contributed by atoms with E-state index in [1.807, 2.05) is 29.5 Å². The van der Waals surface area contributed by atoms with Gasteiger partial charge < -0.3 is 0 Å². The van der Waals surface area contributed by atoms with Gasteiger partial charge in [0.1, 0.15) is 5.82 Å². The number of aromatic nitrogens is 2. The predicted molar refractivity (Wildman–Crippen MR) is 83.9 cm³/mol. The van der Waals surface area contributed by atoms with Gasteiger partial charge in [-0.2, -0.15) is 0 Å². The molecule has 106 valence electrons. The molecular formula is C13H11ClFIN2O2. The van der Waals surface area contributed by atoms with Crippen molar-refractivity contribution in [2.24, 2.45) is 0 Å². The second-order valence-electron chi connectivity index (χ2n) is 4.17. The molecule has 0 bridgehead atoms. The maximum absolute atomic E-state index is 13.2. The summed E-state index contributed by atoms with van der Waals surface area (Å²) in [5.41, 5.74) is -0.436. The van der Waals surface area contributed by atoms with Gasteiger partial charge in [-0.05, 0) is 53.3 Å². The summed E-state index contributed by atoms with van der Waals surface area (Å²) in [7, 11) is 0. The van der Waals surface area contributed by atoms with Crippen LogP contribution in [-0.2, 0) is 13.1 Å². The van der Waals surface area contributed by atoms with E-state index in [0.717, 1.165) is 4.57 Å². The first kappa shape index (κ1) is 15.2. The van der Waals surface area contributed by atoms with Crippen LogP contribution in [0.5, 0.6) is 0 Å². The Morgan fingerprint density at radius 2 is 2.05 bits per heavy atom. The molecular weight excluding hydrogens is 398 g/mol. The average Bonchev–Trinajstić information content (AvgIpc) is 2.42. The first-order valence-corrected chi connectivity index (χ1v) is 7.33. The summed E-state index contributed by atoms with van der Waals surface area (Å²) in [6.45, 7) is 2.21. The fraction of sp³-hybridized carbons (Fsp3) is 0.231. The number of benzene rings is 1. The van der Waals surface area contributed by atoms with Gasteiger partial charge in [0.15, 0.2) is 0 Å². The van der Waals surface area contributed by atoms with Crippen LogP contribution >= 0.6 is 34.2 Å². The standard InChI is InChI=1S/C13H11ClFIN2O2/c1-2-17-7-11(16)12(19)18(13(17)20)6-8-5-9(15)3-4-10(8)14/h3-5,7H,2,6H2,1H3. The van der Waals surface area contributed by atoms with Crippen molar-refractivity contribution in [2.75, 3.05) is 0 Å². The van der Waals surface area contributed by atoms with Gasteiger partial charge in [-0.15, -0.1) is 0 Å². The van der Waals surface area contributed by atoms with E-state index >= 15 is 0 Å². The van der Waals surface area contributed by atoms with E-state index in [2.05, 4.69) is 0 Å². The van der Waals surface area contributed by atoms with Crippen molar-refractivity contribution in [3.05, 3.63) is 65.2 Å². The molecule has 0 spiro atoms. The molecule has 1 aromatic heterocycles. The molecule has 1 aromatic carbocycles. The number of nitrogens with zero attached hydrogens (tertiary/aromatic N) is 2. The van der Waals surface area contributed by atoms with Crippen LogP contribution in [0.3, 0.4) is 0 Å². The van der Waals surface area contributed by atoms with E-state index in [9.17, 15) is 14.0 Å². The van der Waals surface area contributed by atoms with Crippen molar-refractivity contribution in [1.82, 2.24) is 9.13 Å². The van der Waals surface area contributed by atoms with Crippen LogP contribution in [0, 0.1) is 9.39 Å². The van der Waals surface area contributed by atoms with Crippen LogP contribution in [0.4, 0.5) is 4.39 Å². The smallest absolute Gasteiger partial charge is 0.300 e. The fourth-order valence-corrected chi connectivity index (χ4v) is 2.62.